The summed E-state index contributed by atoms with van der Waals surface area (Å²) in [7, 11) is 0. The van der Waals surface area contributed by atoms with E-state index in [0.29, 0.717) is 6.42 Å². The molecule has 2 aromatic carbocycles. The lowest BCUT2D eigenvalue weighted by molar-refractivity contribution is -0.128. The zero-order chi connectivity index (χ0) is 21.7. The second-order valence-electron chi connectivity index (χ2n) is 8.78. The molecule has 1 aliphatic heterocycles. The highest BCUT2D eigenvalue weighted by atomic mass is 16.5. The van der Waals surface area contributed by atoms with Gasteiger partial charge in [0.1, 0.15) is 5.75 Å². The van der Waals surface area contributed by atoms with Crippen LogP contribution in [0.25, 0.3) is 0 Å². The number of rotatable bonds is 7. The molecule has 2 aromatic rings. The van der Waals surface area contributed by atoms with Gasteiger partial charge in [-0.1, -0.05) is 43.7 Å². The van der Waals surface area contributed by atoms with Crippen molar-refractivity contribution in [3.63, 3.8) is 0 Å². The van der Waals surface area contributed by atoms with E-state index in [-0.39, 0.29) is 11.9 Å². The fourth-order valence-electron chi connectivity index (χ4n) is 4.04. The Kier molecular flexibility index (Phi) is 7.41. The molecular formula is C26H36N2O2. The number of aryl methyl sites for hydroxylation is 2. The molecule has 1 N–H and O–H groups in total. The lowest BCUT2D eigenvalue weighted by Crippen LogP contribution is -2.39. The first kappa shape index (κ1) is 22.2. The van der Waals surface area contributed by atoms with E-state index >= 15 is 0 Å². The highest BCUT2D eigenvalue weighted by Crippen LogP contribution is 2.25. The van der Waals surface area contributed by atoms with E-state index in [9.17, 15) is 4.79 Å². The first-order valence-electron chi connectivity index (χ1n) is 11.3. The quantitative estimate of drug-likeness (QED) is 0.651. The first-order valence-corrected chi connectivity index (χ1v) is 11.3. The molecule has 0 radical (unpaired) electrons. The summed E-state index contributed by atoms with van der Waals surface area (Å²) in [6.45, 7) is 12.7. The summed E-state index contributed by atoms with van der Waals surface area (Å²) in [5.41, 5.74) is 4.62. The zero-order valence-corrected chi connectivity index (χ0v) is 19.1. The first-order chi connectivity index (χ1) is 14.4. The maximum atomic E-state index is 12.8. The van der Waals surface area contributed by atoms with Gasteiger partial charge in [0, 0.05) is 18.8 Å². The lowest BCUT2D eigenvalue weighted by atomic mass is 9.98. The third-order valence-electron chi connectivity index (χ3n) is 6.16. The van der Waals surface area contributed by atoms with Crippen LogP contribution in [0, 0.1) is 19.8 Å². The Morgan fingerprint density at radius 2 is 1.80 bits per heavy atom. The summed E-state index contributed by atoms with van der Waals surface area (Å²) in [5.74, 6) is 1.53. The highest BCUT2D eigenvalue weighted by molar-refractivity contribution is 5.81. The second-order valence-corrected chi connectivity index (χ2v) is 8.78. The fraction of sp³-hybridized carbons (Fsp3) is 0.500. The van der Waals surface area contributed by atoms with E-state index in [2.05, 4.69) is 54.4 Å². The molecule has 1 amide bonds. The summed E-state index contributed by atoms with van der Waals surface area (Å²) in [6, 6.07) is 14.6. The maximum Gasteiger partial charge on any atom is 0.261 e. The molecule has 4 heteroatoms. The van der Waals surface area contributed by atoms with Crippen molar-refractivity contribution in [1.82, 2.24) is 5.32 Å². The number of piperidine rings is 1. The third kappa shape index (κ3) is 5.56. The van der Waals surface area contributed by atoms with E-state index in [0.717, 1.165) is 35.9 Å². The largest absolute Gasteiger partial charge is 0.480 e. The van der Waals surface area contributed by atoms with E-state index in [1.54, 1.807) is 0 Å². The average Bonchev–Trinajstić information content (AvgIpc) is 2.74. The van der Waals surface area contributed by atoms with Crippen molar-refractivity contribution in [2.45, 2.75) is 66.0 Å². The molecule has 0 unspecified atom stereocenters. The van der Waals surface area contributed by atoms with E-state index in [1.165, 1.54) is 24.1 Å². The van der Waals surface area contributed by atoms with Gasteiger partial charge in [0.05, 0.1) is 6.04 Å². The van der Waals surface area contributed by atoms with Crippen molar-refractivity contribution in [3.8, 4) is 5.75 Å². The monoisotopic (exact) mass is 408 g/mol. The van der Waals surface area contributed by atoms with Crippen LogP contribution in [0.1, 0.15) is 62.8 Å². The SMILES string of the molecule is CC[C@H](Oc1ccc(C)cc1C)C(=O)N[C@@H](C)c1ccc(N2CCC(C)CC2)cc1. The lowest BCUT2D eigenvalue weighted by Gasteiger charge is -2.32. The van der Waals surface area contributed by atoms with Gasteiger partial charge in [-0.15, -0.1) is 0 Å². The predicted octanol–water partition coefficient (Wildman–Crippen LogP) is 5.57. The predicted molar refractivity (Wildman–Crippen MR) is 124 cm³/mol. The Balaban J connectivity index is 1.59. The molecule has 0 spiro atoms. The molecule has 1 aliphatic rings. The van der Waals surface area contributed by atoms with Gasteiger partial charge in [0.15, 0.2) is 6.10 Å². The molecule has 4 nitrogen and oxygen atoms in total. The molecule has 0 saturated carbocycles. The van der Waals surface area contributed by atoms with Crippen molar-refractivity contribution in [2.24, 2.45) is 5.92 Å². The molecule has 162 valence electrons. The number of carbonyl (C=O) groups is 1. The minimum atomic E-state index is -0.497. The molecule has 1 fully saturated rings. The van der Waals surface area contributed by atoms with Crippen LogP contribution in [-0.4, -0.2) is 25.1 Å². The normalized spacial score (nSPS) is 16.8. The van der Waals surface area contributed by atoms with Gasteiger partial charge >= 0.3 is 0 Å². The van der Waals surface area contributed by atoms with Gasteiger partial charge in [0.2, 0.25) is 0 Å². The van der Waals surface area contributed by atoms with Crippen molar-refractivity contribution >= 4 is 11.6 Å². The summed E-state index contributed by atoms with van der Waals surface area (Å²) >= 11 is 0. The number of nitrogens with one attached hydrogen (secondary N) is 1. The summed E-state index contributed by atoms with van der Waals surface area (Å²) in [6.07, 6.45) is 2.64. The van der Waals surface area contributed by atoms with Crippen LogP contribution in [-0.2, 0) is 4.79 Å². The Bertz CT molecular complexity index is 839. The van der Waals surface area contributed by atoms with E-state index < -0.39 is 6.10 Å². The van der Waals surface area contributed by atoms with E-state index in [1.807, 2.05) is 32.9 Å². The van der Waals surface area contributed by atoms with E-state index in [4.69, 9.17) is 4.74 Å². The Morgan fingerprint density at radius 1 is 1.13 bits per heavy atom. The molecule has 1 heterocycles. The topological polar surface area (TPSA) is 41.6 Å². The zero-order valence-electron chi connectivity index (χ0n) is 19.1. The highest BCUT2D eigenvalue weighted by Gasteiger charge is 2.22. The van der Waals surface area contributed by atoms with Crippen LogP contribution in [0.3, 0.4) is 0 Å². The number of amides is 1. The molecule has 30 heavy (non-hydrogen) atoms. The average molecular weight is 409 g/mol. The van der Waals surface area contributed by atoms with Crippen molar-refractivity contribution in [3.05, 3.63) is 59.2 Å². The number of ether oxygens (including phenoxy) is 1. The molecule has 3 rings (SSSR count). The third-order valence-corrected chi connectivity index (χ3v) is 6.16. The van der Waals surface area contributed by atoms with Gasteiger partial charge in [-0.05, 0) is 75.3 Å². The van der Waals surface area contributed by atoms with Gasteiger partial charge in [-0.3, -0.25) is 4.79 Å². The van der Waals surface area contributed by atoms with Crippen LogP contribution in [0.4, 0.5) is 5.69 Å². The number of hydrogen-bond donors (Lipinski definition) is 1. The van der Waals surface area contributed by atoms with Crippen molar-refractivity contribution in [2.75, 3.05) is 18.0 Å². The molecule has 1 saturated heterocycles. The Hall–Kier alpha value is -2.49. The maximum absolute atomic E-state index is 12.8. The number of hydrogen-bond acceptors (Lipinski definition) is 3. The Labute approximate surface area is 181 Å². The number of benzene rings is 2. The molecule has 0 bridgehead atoms. The Morgan fingerprint density at radius 3 is 2.40 bits per heavy atom. The molecular weight excluding hydrogens is 372 g/mol. The second kappa shape index (κ2) is 10.0. The van der Waals surface area contributed by atoms with Gasteiger partial charge < -0.3 is 15.0 Å². The summed E-state index contributed by atoms with van der Waals surface area (Å²) in [4.78, 5) is 15.3. The van der Waals surface area contributed by atoms with Gasteiger partial charge in [-0.25, -0.2) is 0 Å². The summed E-state index contributed by atoms with van der Waals surface area (Å²) in [5, 5.41) is 3.13. The number of nitrogens with zero attached hydrogens (tertiary/aromatic N) is 1. The number of carbonyl (C=O) groups excluding carboxylic acids is 1. The van der Waals surface area contributed by atoms with Crippen molar-refractivity contribution in [1.29, 1.82) is 0 Å². The molecule has 0 aliphatic carbocycles. The minimum absolute atomic E-state index is 0.0651. The van der Waals surface area contributed by atoms with Crippen LogP contribution in [0.5, 0.6) is 5.75 Å². The molecule has 2 atom stereocenters. The number of anilines is 1. The van der Waals surface area contributed by atoms with Crippen molar-refractivity contribution < 1.29 is 9.53 Å². The van der Waals surface area contributed by atoms with Crippen LogP contribution in [0.15, 0.2) is 42.5 Å². The van der Waals surface area contributed by atoms with Crippen LogP contribution in [0.2, 0.25) is 0 Å². The molecule has 0 aromatic heterocycles. The van der Waals surface area contributed by atoms with Crippen LogP contribution < -0.4 is 15.0 Å². The van der Waals surface area contributed by atoms with Gasteiger partial charge in [0.25, 0.3) is 5.91 Å². The standard InChI is InChI=1S/C26H36N2O2/c1-6-24(30-25-12-7-19(3)17-20(25)4)26(29)27-21(5)22-8-10-23(11-9-22)28-15-13-18(2)14-16-28/h7-12,17-18,21,24H,6,13-16H2,1-5H3,(H,27,29)/t21-,24-/m0/s1. The minimum Gasteiger partial charge on any atom is -0.480 e. The smallest absolute Gasteiger partial charge is 0.261 e. The van der Waals surface area contributed by atoms with Gasteiger partial charge in [-0.2, -0.15) is 0 Å². The summed E-state index contributed by atoms with van der Waals surface area (Å²) < 4.78 is 6.04. The fourth-order valence-corrected chi connectivity index (χ4v) is 4.04. The van der Waals surface area contributed by atoms with Crippen LogP contribution >= 0.6 is 0 Å².